The van der Waals surface area contributed by atoms with E-state index in [1.165, 1.54) is 0 Å². The third-order valence-corrected chi connectivity index (χ3v) is 6.06. The van der Waals surface area contributed by atoms with Gasteiger partial charge < -0.3 is 15.2 Å². The molecule has 5 rings (SSSR count). The van der Waals surface area contributed by atoms with Crippen LogP contribution in [0.3, 0.4) is 0 Å². The van der Waals surface area contributed by atoms with Gasteiger partial charge in [0.2, 0.25) is 5.91 Å². The second-order valence-electron chi connectivity index (χ2n) is 8.11. The number of H-pyrrole nitrogens is 1. The van der Waals surface area contributed by atoms with Gasteiger partial charge in [-0.2, -0.15) is 0 Å². The van der Waals surface area contributed by atoms with Crippen LogP contribution < -0.4 is 10.2 Å². The first-order chi connectivity index (χ1) is 15.5. The van der Waals surface area contributed by atoms with Gasteiger partial charge in [-0.1, -0.05) is 30.3 Å². The summed E-state index contributed by atoms with van der Waals surface area (Å²) in [6, 6.07) is 13.2. The first-order valence-corrected chi connectivity index (χ1v) is 10.6. The number of hydrogen-bond donors (Lipinski definition) is 2. The van der Waals surface area contributed by atoms with Gasteiger partial charge in [-0.25, -0.2) is 4.79 Å². The van der Waals surface area contributed by atoms with Crippen LogP contribution in [0.4, 0.5) is 10.5 Å². The van der Waals surface area contributed by atoms with Crippen LogP contribution in [0.25, 0.3) is 10.9 Å². The minimum absolute atomic E-state index is 0.0313. The quantitative estimate of drug-likeness (QED) is 0.464. The summed E-state index contributed by atoms with van der Waals surface area (Å²) in [4.78, 5) is 56.0. The van der Waals surface area contributed by atoms with Gasteiger partial charge in [0.05, 0.1) is 6.54 Å². The number of rotatable bonds is 6. The fraction of sp³-hybridized carbons (Fsp3) is 0.250. The van der Waals surface area contributed by atoms with Crippen molar-refractivity contribution in [1.82, 2.24) is 15.2 Å². The lowest BCUT2D eigenvalue weighted by Crippen LogP contribution is -2.36. The Bertz CT molecular complexity index is 1250. The standard InChI is InChI=1S/C24H22N4O4/c29-21(15-5-3-6-17(11-15)27-10-4-9-22(27)30)14-28-23(31)20(26-24(28)32)12-16-13-25-19-8-2-1-7-18(16)19/h1-3,5-8,11,13,20,25H,4,9-10,12,14H2,(H,26,32)/t20-/m0/s1. The highest BCUT2D eigenvalue weighted by Crippen LogP contribution is 2.24. The van der Waals surface area contributed by atoms with Crippen molar-refractivity contribution in [2.75, 3.05) is 18.0 Å². The summed E-state index contributed by atoms with van der Waals surface area (Å²) >= 11 is 0. The summed E-state index contributed by atoms with van der Waals surface area (Å²) in [7, 11) is 0. The first kappa shape index (κ1) is 20.0. The molecule has 2 aliphatic heterocycles. The molecule has 2 aliphatic rings. The molecule has 0 aliphatic carbocycles. The third-order valence-electron chi connectivity index (χ3n) is 6.06. The molecule has 0 bridgehead atoms. The number of imide groups is 1. The number of para-hydroxylation sites is 1. The predicted molar refractivity (Wildman–Crippen MR) is 118 cm³/mol. The Morgan fingerprint density at radius 1 is 1.06 bits per heavy atom. The highest BCUT2D eigenvalue weighted by Gasteiger charge is 2.39. The van der Waals surface area contributed by atoms with Crippen molar-refractivity contribution in [1.29, 1.82) is 0 Å². The molecule has 0 spiro atoms. The van der Waals surface area contributed by atoms with Crippen molar-refractivity contribution in [2.45, 2.75) is 25.3 Å². The van der Waals surface area contributed by atoms with E-state index >= 15 is 0 Å². The number of fused-ring (bicyclic) bond motifs is 1. The molecule has 0 unspecified atom stereocenters. The van der Waals surface area contributed by atoms with Crippen molar-refractivity contribution in [3.05, 3.63) is 65.9 Å². The fourth-order valence-electron chi connectivity index (χ4n) is 4.39. The number of nitrogens with zero attached hydrogens (tertiary/aromatic N) is 2. The number of ketones is 1. The molecule has 8 heteroatoms. The molecule has 2 N–H and O–H groups in total. The largest absolute Gasteiger partial charge is 0.361 e. The molecule has 0 saturated carbocycles. The van der Waals surface area contributed by atoms with Crippen LogP contribution in [0.2, 0.25) is 0 Å². The van der Waals surface area contributed by atoms with Crippen LogP contribution >= 0.6 is 0 Å². The summed E-state index contributed by atoms with van der Waals surface area (Å²) in [5, 5.41) is 3.69. The zero-order valence-electron chi connectivity index (χ0n) is 17.3. The molecule has 0 radical (unpaired) electrons. The molecular weight excluding hydrogens is 408 g/mol. The Labute approximate surface area is 184 Å². The molecule has 2 aromatic carbocycles. The van der Waals surface area contributed by atoms with E-state index in [0.29, 0.717) is 30.6 Å². The Morgan fingerprint density at radius 2 is 1.91 bits per heavy atom. The van der Waals surface area contributed by atoms with Crippen LogP contribution in [0.5, 0.6) is 0 Å². The van der Waals surface area contributed by atoms with Crippen LogP contribution in [-0.4, -0.2) is 52.6 Å². The van der Waals surface area contributed by atoms with E-state index in [0.717, 1.165) is 27.8 Å². The number of Topliss-reactive ketones (excluding diaryl/α,β-unsaturated/α-hetero) is 1. The van der Waals surface area contributed by atoms with Crippen LogP contribution in [0, 0.1) is 0 Å². The van der Waals surface area contributed by atoms with Gasteiger partial charge >= 0.3 is 6.03 Å². The van der Waals surface area contributed by atoms with Gasteiger partial charge in [-0.3, -0.25) is 19.3 Å². The predicted octanol–water partition coefficient (Wildman–Crippen LogP) is 2.64. The zero-order chi connectivity index (χ0) is 22.2. The Kier molecular flexibility index (Phi) is 4.97. The summed E-state index contributed by atoms with van der Waals surface area (Å²) in [6.07, 6.45) is 3.46. The minimum Gasteiger partial charge on any atom is -0.361 e. The maximum absolute atomic E-state index is 12.9. The lowest BCUT2D eigenvalue weighted by Gasteiger charge is -2.17. The number of amides is 4. The topological polar surface area (TPSA) is 103 Å². The Hall–Kier alpha value is -3.94. The molecular formula is C24H22N4O4. The SMILES string of the molecule is O=C(CN1C(=O)N[C@@H](Cc2c[nH]c3ccccc23)C1=O)c1cccc(N2CCCC2=O)c1. The van der Waals surface area contributed by atoms with E-state index in [9.17, 15) is 19.2 Å². The summed E-state index contributed by atoms with van der Waals surface area (Å²) < 4.78 is 0. The second-order valence-corrected chi connectivity index (χ2v) is 8.11. The van der Waals surface area contributed by atoms with Crippen LogP contribution in [0.15, 0.2) is 54.7 Å². The number of aromatic amines is 1. The summed E-state index contributed by atoms with van der Waals surface area (Å²) in [5.74, 6) is -0.738. The molecule has 1 aromatic heterocycles. The summed E-state index contributed by atoms with van der Waals surface area (Å²) in [5.41, 5.74) is 2.91. The number of nitrogens with one attached hydrogen (secondary N) is 2. The number of urea groups is 1. The molecule has 3 heterocycles. The molecule has 4 amide bonds. The smallest absolute Gasteiger partial charge is 0.325 e. The Balaban J connectivity index is 1.29. The molecule has 2 fully saturated rings. The normalized spacial score (nSPS) is 18.6. The molecule has 3 aromatic rings. The minimum atomic E-state index is -0.719. The highest BCUT2D eigenvalue weighted by molar-refractivity contribution is 6.10. The maximum atomic E-state index is 12.9. The number of hydrogen-bond acceptors (Lipinski definition) is 4. The van der Waals surface area contributed by atoms with Gasteiger partial charge in [0, 0.05) is 47.7 Å². The number of aromatic nitrogens is 1. The van der Waals surface area contributed by atoms with Gasteiger partial charge in [0.1, 0.15) is 6.04 Å². The summed E-state index contributed by atoms with van der Waals surface area (Å²) in [6.45, 7) is 0.283. The van der Waals surface area contributed by atoms with E-state index in [-0.39, 0.29) is 18.2 Å². The highest BCUT2D eigenvalue weighted by atomic mass is 16.2. The maximum Gasteiger partial charge on any atom is 0.325 e. The monoisotopic (exact) mass is 430 g/mol. The van der Waals surface area contributed by atoms with Crippen molar-refractivity contribution in [2.24, 2.45) is 0 Å². The molecule has 162 valence electrons. The Morgan fingerprint density at radius 3 is 2.72 bits per heavy atom. The molecule has 2 saturated heterocycles. The first-order valence-electron chi connectivity index (χ1n) is 10.6. The molecule has 1 atom stereocenters. The van der Waals surface area contributed by atoms with E-state index in [1.807, 2.05) is 30.5 Å². The van der Waals surface area contributed by atoms with Gasteiger partial charge in [0.15, 0.2) is 5.78 Å². The third kappa shape index (κ3) is 3.53. The number of anilines is 1. The number of carbonyl (C=O) groups is 4. The number of benzene rings is 2. The second kappa shape index (κ2) is 7.96. The van der Waals surface area contributed by atoms with Gasteiger partial charge in [0.25, 0.3) is 5.91 Å². The average molecular weight is 430 g/mol. The van der Waals surface area contributed by atoms with Crippen molar-refractivity contribution in [3.63, 3.8) is 0 Å². The molecule has 32 heavy (non-hydrogen) atoms. The van der Waals surface area contributed by atoms with E-state index < -0.39 is 18.0 Å². The average Bonchev–Trinajstić information content (AvgIpc) is 3.48. The van der Waals surface area contributed by atoms with E-state index in [1.54, 1.807) is 29.2 Å². The van der Waals surface area contributed by atoms with Crippen LogP contribution in [-0.2, 0) is 16.0 Å². The van der Waals surface area contributed by atoms with Crippen molar-refractivity contribution >= 4 is 40.2 Å². The molecule has 8 nitrogen and oxygen atoms in total. The van der Waals surface area contributed by atoms with Crippen molar-refractivity contribution < 1.29 is 19.2 Å². The van der Waals surface area contributed by atoms with Crippen LogP contribution in [0.1, 0.15) is 28.8 Å². The van der Waals surface area contributed by atoms with Crippen molar-refractivity contribution in [3.8, 4) is 0 Å². The number of carbonyl (C=O) groups excluding carboxylic acids is 4. The van der Waals surface area contributed by atoms with Gasteiger partial charge in [-0.15, -0.1) is 0 Å². The lowest BCUT2D eigenvalue weighted by atomic mass is 10.0. The zero-order valence-corrected chi connectivity index (χ0v) is 17.3. The lowest BCUT2D eigenvalue weighted by molar-refractivity contribution is -0.127. The van der Waals surface area contributed by atoms with Gasteiger partial charge in [-0.05, 0) is 30.2 Å². The fourth-order valence-corrected chi connectivity index (χ4v) is 4.39. The van der Waals surface area contributed by atoms with E-state index in [2.05, 4.69) is 10.3 Å². The van der Waals surface area contributed by atoms with E-state index in [4.69, 9.17) is 0 Å².